The molecule has 2 aromatic carbocycles. The highest BCUT2D eigenvalue weighted by atomic mass is 16.5. The average molecular weight is 495 g/mol. The Hall–Kier alpha value is -4.19. The Labute approximate surface area is 217 Å². The topological polar surface area (TPSA) is 77.5 Å². The number of carbonyl (C=O) groups is 2. The first kappa shape index (κ1) is 24.5. The van der Waals surface area contributed by atoms with Crippen molar-refractivity contribution in [2.75, 3.05) is 13.7 Å². The van der Waals surface area contributed by atoms with Gasteiger partial charge in [-0.1, -0.05) is 42.5 Å². The molecule has 0 radical (unpaired) electrons. The van der Waals surface area contributed by atoms with Gasteiger partial charge in [0.1, 0.15) is 5.75 Å². The van der Waals surface area contributed by atoms with Crippen molar-refractivity contribution in [3.63, 3.8) is 0 Å². The number of methoxy groups -OCH3 is 1. The lowest BCUT2D eigenvalue weighted by Gasteiger charge is -2.36. The summed E-state index contributed by atoms with van der Waals surface area (Å²) in [5, 5.41) is 3.41. The van der Waals surface area contributed by atoms with E-state index >= 15 is 0 Å². The van der Waals surface area contributed by atoms with Gasteiger partial charge in [-0.2, -0.15) is 0 Å². The fourth-order valence-electron chi connectivity index (χ4n) is 5.29. The van der Waals surface area contributed by atoms with Crippen LogP contribution in [0.25, 0.3) is 0 Å². The fraction of sp³-hybridized carbons (Fsp3) is 0.258. The van der Waals surface area contributed by atoms with Crippen LogP contribution >= 0.6 is 0 Å². The van der Waals surface area contributed by atoms with Crippen LogP contribution in [-0.4, -0.2) is 30.5 Å². The average Bonchev–Trinajstić information content (AvgIpc) is 2.93. The van der Waals surface area contributed by atoms with Crippen molar-refractivity contribution in [3.05, 3.63) is 118 Å². The first-order valence-corrected chi connectivity index (χ1v) is 12.5. The van der Waals surface area contributed by atoms with Crippen molar-refractivity contribution in [1.82, 2.24) is 10.3 Å². The number of hydrogen-bond acceptors (Lipinski definition) is 6. The second-order valence-corrected chi connectivity index (χ2v) is 9.44. The van der Waals surface area contributed by atoms with Gasteiger partial charge in [-0.05, 0) is 60.2 Å². The third kappa shape index (κ3) is 5.19. The number of ether oxygens (including phenoxy) is 2. The molecule has 0 spiro atoms. The summed E-state index contributed by atoms with van der Waals surface area (Å²) >= 11 is 0. The number of rotatable bonds is 7. The summed E-state index contributed by atoms with van der Waals surface area (Å²) in [6.45, 7) is 2.15. The van der Waals surface area contributed by atoms with E-state index in [1.54, 1.807) is 19.5 Å². The second-order valence-electron chi connectivity index (χ2n) is 9.44. The van der Waals surface area contributed by atoms with Gasteiger partial charge >= 0.3 is 5.97 Å². The number of Topliss-reactive ketones (excluding diaryl/α,β-unsaturated/α-hetero) is 1. The molecule has 3 aromatic rings. The number of aromatic nitrogens is 1. The lowest BCUT2D eigenvalue weighted by atomic mass is 9.72. The maximum atomic E-state index is 13.7. The number of hydrogen-bond donors (Lipinski definition) is 1. The highest BCUT2D eigenvalue weighted by Crippen LogP contribution is 2.45. The van der Waals surface area contributed by atoms with Gasteiger partial charge in [-0.3, -0.25) is 9.78 Å². The van der Waals surface area contributed by atoms with Gasteiger partial charge in [-0.25, -0.2) is 4.79 Å². The number of carbonyl (C=O) groups excluding carboxylic acids is 2. The summed E-state index contributed by atoms with van der Waals surface area (Å²) in [6, 6.07) is 21.5. The molecule has 2 heterocycles. The van der Waals surface area contributed by atoms with Crippen LogP contribution < -0.4 is 10.1 Å². The van der Waals surface area contributed by atoms with Crippen LogP contribution in [-0.2, 0) is 20.7 Å². The molecule has 0 bridgehead atoms. The minimum atomic E-state index is -0.493. The second kappa shape index (κ2) is 10.8. The summed E-state index contributed by atoms with van der Waals surface area (Å²) in [6.07, 6.45) is 5.08. The van der Waals surface area contributed by atoms with E-state index in [2.05, 4.69) is 10.3 Å². The number of nitrogens with one attached hydrogen (secondary N) is 1. The molecule has 0 fully saturated rings. The van der Waals surface area contributed by atoms with E-state index in [4.69, 9.17) is 9.47 Å². The van der Waals surface area contributed by atoms with Gasteiger partial charge in [0.25, 0.3) is 0 Å². The molecular formula is C31H30N2O4. The first-order chi connectivity index (χ1) is 18.0. The molecule has 0 unspecified atom stereocenters. The predicted octanol–water partition coefficient (Wildman–Crippen LogP) is 5.24. The molecular weight excluding hydrogens is 464 g/mol. The van der Waals surface area contributed by atoms with E-state index in [0.29, 0.717) is 36.1 Å². The van der Waals surface area contributed by atoms with Crippen LogP contribution in [0.15, 0.2) is 102 Å². The Morgan fingerprint density at radius 1 is 0.973 bits per heavy atom. The van der Waals surface area contributed by atoms with Crippen molar-refractivity contribution in [1.29, 1.82) is 0 Å². The van der Waals surface area contributed by atoms with E-state index in [1.165, 1.54) is 0 Å². The molecule has 2 aliphatic rings. The Morgan fingerprint density at radius 2 is 1.70 bits per heavy atom. The van der Waals surface area contributed by atoms with E-state index in [0.717, 1.165) is 28.1 Å². The van der Waals surface area contributed by atoms with Gasteiger partial charge in [0, 0.05) is 48.1 Å². The van der Waals surface area contributed by atoms with Crippen LogP contribution in [0, 0.1) is 0 Å². The number of ketones is 1. The van der Waals surface area contributed by atoms with Crippen LogP contribution in [0.2, 0.25) is 0 Å². The predicted molar refractivity (Wildman–Crippen MR) is 141 cm³/mol. The largest absolute Gasteiger partial charge is 0.497 e. The molecule has 0 amide bonds. The number of pyridine rings is 1. The smallest absolute Gasteiger partial charge is 0.336 e. The van der Waals surface area contributed by atoms with Crippen molar-refractivity contribution >= 4 is 11.8 Å². The summed E-state index contributed by atoms with van der Waals surface area (Å²) in [5.41, 5.74) is 5.77. The maximum absolute atomic E-state index is 13.7. The van der Waals surface area contributed by atoms with Crippen LogP contribution in [0.5, 0.6) is 5.75 Å². The fourth-order valence-corrected chi connectivity index (χ4v) is 5.29. The number of esters is 1. The molecule has 5 rings (SSSR count). The number of allylic oxidation sites excluding steroid dienone is 3. The van der Waals surface area contributed by atoms with Gasteiger partial charge < -0.3 is 14.8 Å². The molecule has 6 nitrogen and oxygen atoms in total. The molecule has 1 aliphatic carbocycles. The zero-order valence-electron chi connectivity index (χ0n) is 21.1. The van der Waals surface area contributed by atoms with Crippen molar-refractivity contribution in [2.24, 2.45) is 0 Å². The van der Waals surface area contributed by atoms with E-state index in [-0.39, 0.29) is 18.3 Å². The maximum Gasteiger partial charge on any atom is 0.336 e. The van der Waals surface area contributed by atoms with Crippen LogP contribution in [0.3, 0.4) is 0 Å². The molecule has 1 aliphatic heterocycles. The summed E-state index contributed by atoms with van der Waals surface area (Å²) in [5.74, 6) is -0.0194. The SMILES string of the molecule is COc1ccc([C@H]2CC(=O)C3=C(C2)NC(C)=C(C(=O)OCCc2ccccc2)[C@@H]3c2ccncc2)cc1. The zero-order valence-corrected chi connectivity index (χ0v) is 21.1. The van der Waals surface area contributed by atoms with E-state index < -0.39 is 11.9 Å². The van der Waals surface area contributed by atoms with Crippen molar-refractivity contribution < 1.29 is 19.1 Å². The number of benzene rings is 2. The van der Waals surface area contributed by atoms with Crippen molar-refractivity contribution in [2.45, 2.75) is 38.0 Å². The lowest BCUT2D eigenvalue weighted by Crippen LogP contribution is -2.36. The number of nitrogens with zero attached hydrogens (tertiary/aromatic N) is 1. The molecule has 0 saturated carbocycles. The molecule has 188 valence electrons. The minimum Gasteiger partial charge on any atom is -0.497 e. The monoisotopic (exact) mass is 494 g/mol. The highest BCUT2D eigenvalue weighted by molar-refractivity contribution is 6.04. The Bertz CT molecular complexity index is 1340. The first-order valence-electron chi connectivity index (χ1n) is 12.5. The lowest BCUT2D eigenvalue weighted by molar-refractivity contribution is -0.139. The third-order valence-corrected chi connectivity index (χ3v) is 7.14. The molecule has 2 atom stereocenters. The Kier molecular flexibility index (Phi) is 7.17. The van der Waals surface area contributed by atoms with Crippen LogP contribution in [0.1, 0.15) is 48.3 Å². The third-order valence-electron chi connectivity index (χ3n) is 7.14. The van der Waals surface area contributed by atoms with Crippen molar-refractivity contribution in [3.8, 4) is 5.75 Å². The van der Waals surface area contributed by atoms with Gasteiger partial charge in [-0.15, -0.1) is 0 Å². The van der Waals surface area contributed by atoms with E-state index in [1.807, 2.05) is 73.7 Å². The van der Waals surface area contributed by atoms with Gasteiger partial charge in [0.05, 0.1) is 19.3 Å². The molecule has 6 heteroatoms. The Balaban J connectivity index is 1.43. The molecule has 1 N–H and O–H groups in total. The zero-order chi connectivity index (χ0) is 25.8. The molecule has 0 saturated heterocycles. The Morgan fingerprint density at radius 3 is 2.41 bits per heavy atom. The van der Waals surface area contributed by atoms with Gasteiger partial charge in [0.2, 0.25) is 0 Å². The highest BCUT2D eigenvalue weighted by Gasteiger charge is 2.41. The molecule has 1 aromatic heterocycles. The standard InChI is InChI=1S/C31H30N2O4/c1-20-28(31(35)37-17-14-21-6-4-3-5-7-21)29(23-12-15-32-16-13-23)30-26(33-20)18-24(19-27(30)34)22-8-10-25(36-2)11-9-22/h3-13,15-16,24,29,33H,14,17-19H2,1-2H3/t24-,29+/m1/s1. The molecule has 37 heavy (non-hydrogen) atoms. The normalized spacial score (nSPS) is 19.2. The number of dihydropyridines is 1. The summed E-state index contributed by atoms with van der Waals surface area (Å²) in [7, 11) is 1.64. The summed E-state index contributed by atoms with van der Waals surface area (Å²) < 4.78 is 11.0. The van der Waals surface area contributed by atoms with Gasteiger partial charge in [0.15, 0.2) is 5.78 Å². The summed E-state index contributed by atoms with van der Waals surface area (Å²) in [4.78, 5) is 31.3. The van der Waals surface area contributed by atoms with E-state index in [9.17, 15) is 9.59 Å². The minimum absolute atomic E-state index is 0.0402. The van der Waals surface area contributed by atoms with Crippen LogP contribution in [0.4, 0.5) is 0 Å². The quantitative estimate of drug-likeness (QED) is 0.453.